The van der Waals surface area contributed by atoms with Crippen LogP contribution in [-0.4, -0.2) is 122 Å². The maximum Gasteiger partial charge on any atom is 0.354 e. The van der Waals surface area contributed by atoms with Crippen LogP contribution in [0.4, 0.5) is 0 Å². The minimum atomic E-state index is -1.02. The van der Waals surface area contributed by atoms with Gasteiger partial charge in [-0.2, -0.15) is 5.26 Å². The van der Waals surface area contributed by atoms with E-state index in [0.29, 0.717) is 66.5 Å². The number of ketones is 1. The van der Waals surface area contributed by atoms with E-state index in [0.717, 1.165) is 58.2 Å². The number of carbonyl (C=O) groups excluding carboxylic acids is 2. The van der Waals surface area contributed by atoms with Crippen LogP contribution in [0.2, 0.25) is 25.7 Å². The molecule has 86 heavy (non-hydrogen) atoms. The monoisotopic (exact) mass is 1310 g/mol. The maximum atomic E-state index is 13.4. The molecule has 0 aliphatic carbocycles. The van der Waals surface area contributed by atoms with Crippen LogP contribution in [0.3, 0.4) is 0 Å². The summed E-state index contributed by atoms with van der Waals surface area (Å²) < 4.78 is 31.6. The number of nitriles is 1. The normalized spacial score (nSPS) is 10.2. The molecule has 0 saturated carbocycles. The topological polar surface area (TPSA) is 244 Å². The number of nitrogens with two attached hydrogens (primary N) is 1. The van der Waals surface area contributed by atoms with Crippen molar-refractivity contribution in [3.05, 3.63) is 182 Å². The molecule has 1 amide bonds. The summed E-state index contributed by atoms with van der Waals surface area (Å²) in [5.41, 5.74) is 11.8. The van der Waals surface area contributed by atoms with Gasteiger partial charge in [-0.25, -0.2) is 29.7 Å². The van der Waals surface area contributed by atoms with Gasteiger partial charge >= 0.3 is 5.97 Å². The molecular weight excluding hydrogens is 1220 g/mol. The summed E-state index contributed by atoms with van der Waals surface area (Å²) in [6.07, 6.45) is 4.65. The molecule has 7 rings (SSSR count). The van der Waals surface area contributed by atoms with E-state index in [2.05, 4.69) is 92.3 Å². The summed E-state index contributed by atoms with van der Waals surface area (Å²) in [5.74, 6) is 2.58. The van der Waals surface area contributed by atoms with Crippen molar-refractivity contribution in [1.29, 1.82) is 5.26 Å². The average molecular weight is 1310 g/mol. The van der Waals surface area contributed by atoms with E-state index in [9.17, 15) is 14.4 Å². The maximum absolute atomic E-state index is 13.4. The first kappa shape index (κ1) is 78.0. The molecule has 1 atom stereocenters. The van der Waals surface area contributed by atoms with E-state index in [1.807, 2.05) is 109 Å². The molecule has 5 aromatic heterocycles. The van der Waals surface area contributed by atoms with Gasteiger partial charge in [-0.1, -0.05) is 107 Å². The fourth-order valence-electron chi connectivity index (χ4n) is 7.27. The van der Waals surface area contributed by atoms with Crippen LogP contribution in [0.25, 0.3) is 0 Å². The number of carboxylic acids is 1. The Kier molecular flexibility index (Phi) is 39.5. The second-order valence-electron chi connectivity index (χ2n) is 19.8. The van der Waals surface area contributed by atoms with Crippen molar-refractivity contribution in [1.82, 2.24) is 29.8 Å². The number of methoxy groups -OCH3 is 6. The number of hydrogen-bond donors (Lipinski definition) is 2. The average Bonchev–Trinajstić information content (AvgIpc) is 3.21. The second-order valence-corrected chi connectivity index (χ2v) is 26.3. The minimum Gasteiger partial charge on any atom is -0.491 e. The number of hydrogen-bond acceptors (Lipinski definition) is 16. The first-order chi connectivity index (χ1) is 40.1. The molecule has 466 valence electrons. The van der Waals surface area contributed by atoms with Crippen molar-refractivity contribution in [2.24, 2.45) is 5.73 Å². The van der Waals surface area contributed by atoms with Crippen molar-refractivity contribution in [3.8, 4) is 41.0 Å². The van der Waals surface area contributed by atoms with Gasteiger partial charge in [0.2, 0.25) is 0 Å². The molecule has 1 unspecified atom stereocenters. The van der Waals surface area contributed by atoms with Gasteiger partial charge in [0.1, 0.15) is 20.9 Å². The van der Waals surface area contributed by atoms with Crippen LogP contribution >= 0.6 is 22.6 Å². The predicted molar refractivity (Wildman–Crippen MR) is 354 cm³/mol. The number of aromatic carboxylic acids is 1. The molecule has 0 aliphatic rings. The number of pyridine rings is 5. The summed E-state index contributed by atoms with van der Waals surface area (Å²) in [7, 11) is 8.45. The fourth-order valence-corrected chi connectivity index (χ4v) is 8.15. The van der Waals surface area contributed by atoms with Crippen LogP contribution in [0.1, 0.15) is 96.4 Å². The largest absolute Gasteiger partial charge is 0.491 e. The number of aryl methyl sites for hydroxylation is 4. The third kappa shape index (κ3) is 31.2. The van der Waals surface area contributed by atoms with Crippen molar-refractivity contribution in [2.45, 2.75) is 113 Å². The first-order valence-electron chi connectivity index (χ1n) is 27.1. The highest BCUT2D eigenvalue weighted by atomic mass is 127. The lowest BCUT2D eigenvalue weighted by Gasteiger charge is -2.29. The standard InChI is InChI=1S/C26H31N3O3.C10H12O.C9H14N2O2.C7H8INO2.C7H7NO2.C5H11NSi.2CH4/c1-19-9-8-12-23(27-19)26(30)29(20(2)13-14-21-10-6-5-7-11-21)18-17-22-15-16-24(31-3)25(28-22)32-4;1-9(11)7-8-10-5-3-2-4-6-10;1-12-8-4-3-7(5-6-10)11-9(8)13-2;1-10-5-3-4-6(8)9-7(5)11-2;1-5-3-2-4-6(8-5)7(9)10;1-7(2,3)5-4-6;;/h5-12,15-16,20H,13-14,17-18H2,1-4H3;2-6H,7-8H2,1H3;3-4H,5-6,10H2,1-2H3;3-4H,1-2H3;2-4H,1H3,(H,9,10);5H2,1-3H3;2*1H4. The molecule has 2 aromatic carbocycles. The van der Waals surface area contributed by atoms with E-state index < -0.39 is 14.0 Å². The molecule has 3 N–H and O–H groups in total. The Bertz CT molecular complexity index is 3090. The zero-order chi connectivity index (χ0) is 62.5. The Morgan fingerprint density at radius 2 is 1.03 bits per heavy atom. The van der Waals surface area contributed by atoms with Crippen LogP contribution in [0.15, 0.2) is 133 Å². The van der Waals surface area contributed by atoms with E-state index in [1.54, 1.807) is 74.7 Å². The zero-order valence-electron chi connectivity index (χ0n) is 50.9. The van der Waals surface area contributed by atoms with Gasteiger partial charge in [0.25, 0.3) is 23.5 Å². The molecule has 7 aromatic rings. The lowest BCUT2D eigenvalue weighted by atomic mass is 10.0. The van der Waals surface area contributed by atoms with Gasteiger partial charge in [-0.15, -0.1) is 0 Å². The van der Waals surface area contributed by atoms with Gasteiger partial charge in [-0.3, -0.25) is 4.79 Å². The quantitative estimate of drug-likeness (QED) is 0.0386. The van der Waals surface area contributed by atoms with Crippen LogP contribution in [0, 0.1) is 28.9 Å². The molecule has 0 spiro atoms. The molecule has 5 heterocycles. The van der Waals surface area contributed by atoms with E-state index in [1.165, 1.54) is 17.2 Å². The third-order valence-electron chi connectivity index (χ3n) is 11.7. The van der Waals surface area contributed by atoms with Crippen molar-refractivity contribution < 1.29 is 47.9 Å². The van der Waals surface area contributed by atoms with Crippen LogP contribution < -0.4 is 34.2 Å². The molecule has 0 saturated heterocycles. The molecule has 18 nitrogen and oxygen atoms in total. The molecule has 0 radical (unpaired) electrons. The van der Waals surface area contributed by atoms with Crippen molar-refractivity contribution in [2.75, 3.05) is 55.7 Å². The number of halogens is 1. The fraction of sp³-hybridized carbons (Fsp3) is 0.379. The number of carboxylic acid groups (broad SMARTS) is 1. The number of rotatable bonds is 21. The minimum absolute atomic E-state index is 0. The molecule has 20 heteroatoms. The van der Waals surface area contributed by atoms with Crippen molar-refractivity contribution in [3.63, 3.8) is 0 Å². The van der Waals surface area contributed by atoms with Gasteiger partial charge in [-0.05, 0) is 148 Å². The molecular formula is C66H91IN8O10Si. The Balaban J connectivity index is 0.00000111. The summed E-state index contributed by atoms with van der Waals surface area (Å²) in [6.45, 7) is 15.1. The van der Waals surface area contributed by atoms with Gasteiger partial charge in [0, 0.05) is 60.7 Å². The SMILES string of the molecule is C.C.CC(=O)CCc1ccccc1.COc1ccc(CCN(C(=O)c2cccc(C)n2)C(C)CCc2ccccc2)nc1OC.COc1ccc(CCN)nc1OC.COc1ccc(I)nc1OC.C[Si](C)(C)CC#N.Cc1cccc(C(=O)O)n1. The molecule has 0 aliphatic heterocycles. The summed E-state index contributed by atoms with van der Waals surface area (Å²) in [4.78, 5) is 57.3. The second kappa shape index (κ2) is 43.6. The summed E-state index contributed by atoms with van der Waals surface area (Å²) in [6, 6.07) is 45.0. The van der Waals surface area contributed by atoms with E-state index in [-0.39, 0.29) is 38.3 Å². The number of ether oxygens (including phenoxy) is 6. The van der Waals surface area contributed by atoms with E-state index >= 15 is 0 Å². The Morgan fingerprint density at radius 3 is 1.43 bits per heavy atom. The molecule has 0 bridgehead atoms. The van der Waals surface area contributed by atoms with Crippen LogP contribution in [-0.2, 0) is 30.5 Å². The number of carbonyl (C=O) groups is 3. The highest BCUT2D eigenvalue weighted by Crippen LogP contribution is 2.26. The third-order valence-corrected chi connectivity index (χ3v) is 13.5. The highest BCUT2D eigenvalue weighted by Gasteiger charge is 2.23. The van der Waals surface area contributed by atoms with Crippen molar-refractivity contribution >= 4 is 48.3 Å². The number of amides is 1. The summed E-state index contributed by atoms with van der Waals surface area (Å²) in [5, 5.41) is 16.6. The van der Waals surface area contributed by atoms with Crippen LogP contribution in [0.5, 0.6) is 34.9 Å². The van der Waals surface area contributed by atoms with Gasteiger partial charge < -0.3 is 49.0 Å². The zero-order valence-corrected chi connectivity index (χ0v) is 54.0. The summed E-state index contributed by atoms with van der Waals surface area (Å²) >= 11 is 2.12. The molecule has 0 fully saturated rings. The van der Waals surface area contributed by atoms with Gasteiger partial charge in [0.15, 0.2) is 17.2 Å². The first-order valence-corrected chi connectivity index (χ1v) is 31.9. The number of benzene rings is 2. The lowest BCUT2D eigenvalue weighted by molar-refractivity contribution is -0.117. The van der Waals surface area contributed by atoms with E-state index in [4.69, 9.17) is 44.5 Å². The smallest absolute Gasteiger partial charge is 0.354 e. The highest BCUT2D eigenvalue weighted by molar-refractivity contribution is 14.1. The Labute approximate surface area is 526 Å². The predicted octanol–water partition coefficient (Wildman–Crippen LogP) is 13.2. The van der Waals surface area contributed by atoms with Gasteiger partial charge in [0.05, 0.1) is 56.8 Å². The Morgan fingerprint density at radius 1 is 0.593 bits per heavy atom. The number of nitrogens with zero attached hydrogens (tertiary/aromatic N) is 7. The number of aromatic nitrogens is 5. The number of Topliss-reactive ketones (excluding diaryl/α,β-unsaturated/α-hetero) is 1. The Hall–Kier alpha value is -8.00. The lowest BCUT2D eigenvalue weighted by Crippen LogP contribution is -2.41.